The van der Waals surface area contributed by atoms with Gasteiger partial charge in [0.1, 0.15) is 0 Å². The van der Waals surface area contributed by atoms with E-state index in [1.165, 1.54) is 35.2 Å². The van der Waals surface area contributed by atoms with Crippen LogP contribution in [0.3, 0.4) is 0 Å². The fourth-order valence-corrected chi connectivity index (χ4v) is 5.03. The molecule has 4 rings (SSSR count). The summed E-state index contributed by atoms with van der Waals surface area (Å²) in [5.41, 5.74) is 4.04. The minimum atomic E-state index is -3.78. The topological polar surface area (TPSA) is 110 Å². The summed E-state index contributed by atoms with van der Waals surface area (Å²) in [7, 11) is -3.78. The number of aromatic nitrogens is 2. The summed E-state index contributed by atoms with van der Waals surface area (Å²) in [5.74, 6) is -0.300. The van der Waals surface area contributed by atoms with Crippen molar-refractivity contribution in [1.82, 2.24) is 9.55 Å². The summed E-state index contributed by atoms with van der Waals surface area (Å²) in [4.78, 5) is 29.6. The summed E-state index contributed by atoms with van der Waals surface area (Å²) in [5, 5.41) is 3.25. The van der Waals surface area contributed by atoms with Crippen molar-refractivity contribution < 1.29 is 13.2 Å². The molecule has 35 heavy (non-hydrogen) atoms. The van der Waals surface area contributed by atoms with Crippen molar-refractivity contribution in [2.45, 2.75) is 38.6 Å². The molecule has 1 amide bonds. The number of amides is 1. The van der Waals surface area contributed by atoms with E-state index in [4.69, 9.17) is 0 Å². The number of rotatable bonds is 7. The van der Waals surface area contributed by atoms with Crippen LogP contribution in [0.5, 0.6) is 0 Å². The zero-order valence-electron chi connectivity index (χ0n) is 19.7. The molecule has 0 bridgehead atoms. The van der Waals surface area contributed by atoms with Gasteiger partial charge in [-0.1, -0.05) is 30.3 Å². The third kappa shape index (κ3) is 5.25. The number of carbonyl (C=O) groups is 1. The van der Waals surface area contributed by atoms with Crippen molar-refractivity contribution in [2.75, 3.05) is 10.0 Å². The molecule has 0 saturated heterocycles. The molecule has 8 nitrogen and oxygen atoms in total. The number of hydrogen-bond donors (Lipinski definition) is 2. The number of anilines is 2. The van der Waals surface area contributed by atoms with Gasteiger partial charge in [-0.25, -0.2) is 13.4 Å². The Balaban J connectivity index is 1.41. The lowest BCUT2D eigenvalue weighted by molar-refractivity contribution is -0.116. The standard InChI is InChI=1S/C26H26N4O4S/c1-17-6-4-7-18(2)24(17)29-35(33,34)21-12-10-20(11-13-21)28-23(31)14-15-30-16-27-25-19(3)8-5-9-22(25)26(30)32/h4-13,16,29H,14-15H2,1-3H3,(H,28,31). The molecular weight excluding hydrogens is 464 g/mol. The second-order valence-electron chi connectivity index (χ2n) is 8.41. The van der Waals surface area contributed by atoms with Crippen LogP contribution in [0.15, 0.2) is 76.7 Å². The predicted octanol–water partition coefficient (Wildman–Crippen LogP) is 4.15. The Morgan fingerprint density at radius 2 is 1.54 bits per heavy atom. The van der Waals surface area contributed by atoms with Crippen molar-refractivity contribution in [3.63, 3.8) is 0 Å². The summed E-state index contributed by atoms with van der Waals surface area (Å²) in [6, 6.07) is 16.9. The molecule has 0 atom stereocenters. The molecule has 1 aromatic heterocycles. The molecule has 0 aliphatic rings. The van der Waals surface area contributed by atoms with E-state index >= 15 is 0 Å². The average molecular weight is 491 g/mol. The van der Waals surface area contributed by atoms with Crippen LogP contribution in [0.2, 0.25) is 0 Å². The van der Waals surface area contributed by atoms with E-state index in [9.17, 15) is 18.0 Å². The fraction of sp³-hybridized carbons (Fsp3) is 0.192. The number of carbonyl (C=O) groups excluding carboxylic acids is 1. The van der Waals surface area contributed by atoms with Gasteiger partial charge >= 0.3 is 0 Å². The van der Waals surface area contributed by atoms with E-state index in [-0.39, 0.29) is 29.3 Å². The normalized spacial score (nSPS) is 11.4. The van der Waals surface area contributed by atoms with Gasteiger partial charge in [-0.15, -0.1) is 0 Å². The van der Waals surface area contributed by atoms with E-state index in [0.29, 0.717) is 22.3 Å². The van der Waals surface area contributed by atoms with Crippen LogP contribution in [0.1, 0.15) is 23.1 Å². The molecule has 0 aliphatic heterocycles. The van der Waals surface area contributed by atoms with Gasteiger partial charge in [-0.05, 0) is 67.8 Å². The lowest BCUT2D eigenvalue weighted by atomic mass is 10.1. The number of sulfonamides is 1. The molecule has 0 spiro atoms. The molecule has 2 N–H and O–H groups in total. The number of para-hydroxylation sites is 2. The predicted molar refractivity (Wildman–Crippen MR) is 137 cm³/mol. The van der Waals surface area contributed by atoms with Crippen LogP contribution in [-0.2, 0) is 21.4 Å². The second-order valence-corrected chi connectivity index (χ2v) is 10.1. The highest BCUT2D eigenvalue weighted by atomic mass is 32.2. The van der Waals surface area contributed by atoms with Crippen LogP contribution in [-0.4, -0.2) is 23.9 Å². The maximum atomic E-state index is 12.8. The minimum Gasteiger partial charge on any atom is -0.326 e. The fourth-order valence-electron chi connectivity index (χ4n) is 3.83. The lowest BCUT2D eigenvalue weighted by Gasteiger charge is -2.13. The molecule has 4 aromatic rings. The Morgan fingerprint density at radius 3 is 2.23 bits per heavy atom. The molecule has 1 heterocycles. The average Bonchev–Trinajstić information content (AvgIpc) is 2.82. The molecule has 9 heteroatoms. The van der Waals surface area contributed by atoms with Crippen LogP contribution in [0.25, 0.3) is 10.9 Å². The first-order valence-corrected chi connectivity index (χ1v) is 12.6. The van der Waals surface area contributed by atoms with E-state index in [1.807, 2.05) is 45.0 Å². The number of nitrogens with one attached hydrogen (secondary N) is 2. The zero-order chi connectivity index (χ0) is 25.2. The summed E-state index contributed by atoms with van der Waals surface area (Å²) in [6.45, 7) is 5.75. The third-order valence-corrected chi connectivity index (χ3v) is 7.17. The maximum absolute atomic E-state index is 12.8. The maximum Gasteiger partial charge on any atom is 0.261 e. The Hall–Kier alpha value is -3.98. The Labute approximate surface area is 203 Å². The number of benzene rings is 3. The molecule has 180 valence electrons. The second kappa shape index (κ2) is 9.71. The molecule has 3 aromatic carbocycles. The quantitative estimate of drug-likeness (QED) is 0.404. The van der Waals surface area contributed by atoms with Gasteiger partial charge in [0.05, 0.1) is 27.8 Å². The van der Waals surface area contributed by atoms with Crippen LogP contribution in [0.4, 0.5) is 11.4 Å². The van der Waals surface area contributed by atoms with Crippen molar-refractivity contribution in [2.24, 2.45) is 0 Å². The first-order chi connectivity index (χ1) is 16.7. The largest absolute Gasteiger partial charge is 0.326 e. The highest BCUT2D eigenvalue weighted by molar-refractivity contribution is 7.92. The Bertz CT molecular complexity index is 1560. The number of hydrogen-bond acceptors (Lipinski definition) is 5. The van der Waals surface area contributed by atoms with Gasteiger partial charge in [-0.3, -0.25) is 18.9 Å². The van der Waals surface area contributed by atoms with E-state index in [0.717, 1.165) is 16.7 Å². The highest BCUT2D eigenvalue weighted by Crippen LogP contribution is 2.24. The smallest absolute Gasteiger partial charge is 0.261 e. The molecule has 0 aliphatic carbocycles. The monoisotopic (exact) mass is 490 g/mol. The molecular formula is C26H26N4O4S. The van der Waals surface area contributed by atoms with Gasteiger partial charge in [-0.2, -0.15) is 0 Å². The summed E-state index contributed by atoms with van der Waals surface area (Å²) < 4.78 is 29.7. The Kier molecular flexibility index (Phi) is 6.70. The van der Waals surface area contributed by atoms with Gasteiger partial charge < -0.3 is 5.32 Å². The zero-order valence-corrected chi connectivity index (χ0v) is 20.5. The molecule has 0 fully saturated rings. The van der Waals surface area contributed by atoms with Crippen molar-refractivity contribution in [3.8, 4) is 0 Å². The Morgan fingerprint density at radius 1 is 0.914 bits per heavy atom. The van der Waals surface area contributed by atoms with Crippen LogP contribution >= 0.6 is 0 Å². The lowest BCUT2D eigenvalue weighted by Crippen LogP contribution is -2.23. The SMILES string of the molecule is Cc1cccc(C)c1NS(=O)(=O)c1ccc(NC(=O)CCn2cnc3c(C)cccc3c2=O)cc1. The summed E-state index contributed by atoms with van der Waals surface area (Å²) >= 11 is 0. The first-order valence-electron chi connectivity index (χ1n) is 11.1. The number of aryl methyl sites for hydroxylation is 4. The van der Waals surface area contributed by atoms with E-state index in [2.05, 4.69) is 15.0 Å². The van der Waals surface area contributed by atoms with Gasteiger partial charge in [0.2, 0.25) is 5.91 Å². The number of fused-ring (bicyclic) bond motifs is 1. The summed E-state index contributed by atoms with van der Waals surface area (Å²) in [6.07, 6.45) is 1.51. The van der Waals surface area contributed by atoms with Crippen LogP contribution in [0, 0.1) is 20.8 Å². The van der Waals surface area contributed by atoms with Gasteiger partial charge in [0.25, 0.3) is 15.6 Å². The van der Waals surface area contributed by atoms with Gasteiger partial charge in [0.15, 0.2) is 0 Å². The van der Waals surface area contributed by atoms with Crippen molar-refractivity contribution in [3.05, 3.63) is 94.0 Å². The van der Waals surface area contributed by atoms with E-state index in [1.54, 1.807) is 12.1 Å². The van der Waals surface area contributed by atoms with Crippen molar-refractivity contribution >= 4 is 38.2 Å². The number of nitrogens with zero attached hydrogens (tertiary/aromatic N) is 2. The van der Waals surface area contributed by atoms with Gasteiger partial charge in [0, 0.05) is 18.7 Å². The molecule has 0 radical (unpaired) electrons. The van der Waals surface area contributed by atoms with Crippen LogP contribution < -0.4 is 15.6 Å². The van der Waals surface area contributed by atoms with E-state index < -0.39 is 10.0 Å². The minimum absolute atomic E-state index is 0.0626. The first kappa shape index (κ1) is 24.2. The van der Waals surface area contributed by atoms with Crippen molar-refractivity contribution in [1.29, 1.82) is 0 Å². The molecule has 0 unspecified atom stereocenters. The third-order valence-electron chi connectivity index (χ3n) is 5.80. The molecule has 0 saturated carbocycles. The highest BCUT2D eigenvalue weighted by Gasteiger charge is 2.17.